The highest BCUT2D eigenvalue weighted by Gasteiger charge is 2.45. The largest absolute Gasteiger partial charge is 0.265 e. The monoisotopic (exact) mass is 528 g/mol. The van der Waals surface area contributed by atoms with Gasteiger partial charge in [0.15, 0.2) is 6.23 Å². The second-order valence-electron chi connectivity index (χ2n) is 5.34. The molecule has 11 nitrogen and oxygen atoms in total. The van der Waals surface area contributed by atoms with Crippen LogP contribution in [-0.4, -0.2) is 66.9 Å². The number of hydrogen-bond donors (Lipinski definition) is 0. The summed E-state index contributed by atoms with van der Waals surface area (Å²) in [6.07, 6.45) is -0.534. The smallest absolute Gasteiger partial charge is 0.249 e. The summed E-state index contributed by atoms with van der Waals surface area (Å²) in [5, 5.41) is 0. The normalized spacial score (nSPS) is 15.2. The minimum absolute atomic E-state index is 0.151. The number of rotatable bonds is 8. The fourth-order valence-corrected chi connectivity index (χ4v) is 8.24. The fraction of sp³-hybridized carbons (Fsp3) is 0.455. The molecule has 0 saturated carbocycles. The molecule has 0 radical (unpaired) electrons. The van der Waals surface area contributed by atoms with E-state index in [2.05, 4.69) is 20.1 Å². The van der Waals surface area contributed by atoms with Crippen molar-refractivity contribution in [1.82, 2.24) is 8.23 Å². The third-order valence-electron chi connectivity index (χ3n) is 2.71. The van der Waals surface area contributed by atoms with E-state index >= 15 is 0 Å². The zero-order valence-electron chi connectivity index (χ0n) is 14.5. The molecule has 0 saturated heterocycles. The van der Waals surface area contributed by atoms with Crippen molar-refractivity contribution in [3.63, 3.8) is 0 Å². The molecule has 0 spiro atoms. The van der Waals surface area contributed by atoms with Gasteiger partial charge in [-0.2, -0.15) is 8.42 Å². The molecule has 27 heavy (non-hydrogen) atoms. The van der Waals surface area contributed by atoms with E-state index in [9.17, 15) is 33.7 Å². The Balaban J connectivity index is 3.80. The van der Waals surface area contributed by atoms with Gasteiger partial charge in [-0.3, -0.25) is 0 Å². The number of nitrogens with zero attached hydrogens (tertiary/aromatic N) is 2. The Bertz CT molecular complexity index is 1080. The Kier molecular flexibility index (Phi) is 7.25. The van der Waals surface area contributed by atoms with Crippen molar-refractivity contribution >= 4 is 56.1 Å². The van der Waals surface area contributed by atoms with Crippen molar-refractivity contribution in [3.8, 4) is 0 Å². The van der Waals surface area contributed by atoms with Gasteiger partial charge in [-0.1, -0.05) is 20.3 Å². The van der Waals surface area contributed by atoms with Crippen LogP contribution >= 0.6 is 15.9 Å². The quantitative estimate of drug-likeness (QED) is 0.255. The van der Waals surface area contributed by atoms with Gasteiger partial charge in [-0.25, -0.2) is 29.4 Å². The second-order valence-corrected chi connectivity index (χ2v) is 13.5. The van der Waals surface area contributed by atoms with Crippen molar-refractivity contribution in [1.29, 1.82) is 0 Å². The lowest BCUT2D eigenvalue weighted by Gasteiger charge is -2.33. The molecule has 16 heteroatoms. The summed E-state index contributed by atoms with van der Waals surface area (Å²) in [4.78, 5) is -0.494. The first-order valence-electron chi connectivity index (χ1n) is 6.76. The van der Waals surface area contributed by atoms with Crippen LogP contribution in [0, 0.1) is 0 Å². The SMILES string of the molecule is CC(OS(C)(=O)=O)N(N(S(C)(=O)=O)S(C)(=O)=O)S(=O)(=O)c1ccc(Br)cc1. The number of sulfonamides is 3. The molecule has 0 amide bonds. The van der Waals surface area contributed by atoms with Gasteiger partial charge in [0.1, 0.15) is 0 Å². The van der Waals surface area contributed by atoms with E-state index in [1.807, 2.05) is 0 Å². The molecule has 0 heterocycles. The average molecular weight is 529 g/mol. The number of benzene rings is 1. The highest BCUT2D eigenvalue weighted by Crippen LogP contribution is 2.26. The van der Waals surface area contributed by atoms with Gasteiger partial charge in [-0.15, -0.1) is 0 Å². The van der Waals surface area contributed by atoms with Gasteiger partial charge in [0.05, 0.1) is 23.7 Å². The zero-order valence-corrected chi connectivity index (χ0v) is 19.3. The molecule has 1 unspecified atom stereocenters. The Labute approximate surface area is 167 Å². The Morgan fingerprint density at radius 2 is 1.26 bits per heavy atom. The van der Waals surface area contributed by atoms with E-state index in [1.165, 1.54) is 12.1 Å². The van der Waals surface area contributed by atoms with Crippen LogP contribution in [-0.2, 0) is 44.4 Å². The van der Waals surface area contributed by atoms with Crippen LogP contribution in [0.2, 0.25) is 0 Å². The van der Waals surface area contributed by atoms with Crippen LogP contribution in [0.5, 0.6) is 0 Å². The highest BCUT2D eigenvalue weighted by molar-refractivity contribution is 9.10. The molecular formula is C11H17BrN2O9S4. The zero-order chi connectivity index (χ0) is 21.4. The van der Waals surface area contributed by atoms with E-state index in [-0.39, 0.29) is 4.41 Å². The predicted molar refractivity (Wildman–Crippen MR) is 100 cm³/mol. The lowest BCUT2D eigenvalue weighted by Crippen LogP contribution is -2.56. The Morgan fingerprint density at radius 3 is 1.59 bits per heavy atom. The number of hydrazine groups is 1. The second kappa shape index (κ2) is 8.02. The lowest BCUT2D eigenvalue weighted by atomic mass is 10.4. The first-order valence-corrected chi connectivity index (χ1v) is 14.5. The molecule has 0 fully saturated rings. The molecular weight excluding hydrogens is 512 g/mol. The number of halogens is 1. The molecule has 0 aliphatic rings. The molecule has 0 aromatic heterocycles. The van der Waals surface area contributed by atoms with E-state index in [0.717, 1.165) is 19.1 Å². The van der Waals surface area contributed by atoms with Crippen LogP contribution in [0.1, 0.15) is 6.92 Å². The molecule has 1 atom stereocenters. The van der Waals surface area contributed by atoms with Gasteiger partial charge in [0, 0.05) is 4.47 Å². The van der Waals surface area contributed by atoms with E-state index in [4.69, 9.17) is 0 Å². The van der Waals surface area contributed by atoms with Crippen LogP contribution < -0.4 is 0 Å². The highest BCUT2D eigenvalue weighted by atomic mass is 79.9. The summed E-state index contributed by atoms with van der Waals surface area (Å²) in [5.41, 5.74) is 0. The Hall–Kier alpha value is -0.620. The fourth-order valence-electron chi connectivity index (χ4n) is 1.96. The van der Waals surface area contributed by atoms with E-state index in [0.29, 0.717) is 23.2 Å². The van der Waals surface area contributed by atoms with Crippen LogP contribution in [0.25, 0.3) is 0 Å². The van der Waals surface area contributed by atoms with Crippen molar-refractivity contribution in [3.05, 3.63) is 28.7 Å². The summed E-state index contributed by atoms with van der Waals surface area (Å²) >= 11 is 3.10. The first kappa shape index (κ1) is 24.4. The molecule has 1 aromatic carbocycles. The predicted octanol–water partition coefficient (Wildman–Crippen LogP) is -0.102. The average Bonchev–Trinajstić information content (AvgIpc) is 2.40. The van der Waals surface area contributed by atoms with Crippen molar-refractivity contribution in [2.24, 2.45) is 0 Å². The van der Waals surface area contributed by atoms with Gasteiger partial charge in [0.2, 0.25) is 20.0 Å². The first-order chi connectivity index (χ1) is 11.9. The lowest BCUT2D eigenvalue weighted by molar-refractivity contribution is 0.0516. The Morgan fingerprint density at radius 1 is 0.852 bits per heavy atom. The van der Waals surface area contributed by atoms with E-state index < -0.39 is 55.1 Å². The third kappa shape index (κ3) is 6.45. The molecule has 1 aromatic rings. The summed E-state index contributed by atoms with van der Waals surface area (Å²) in [7, 11) is -18.6. The van der Waals surface area contributed by atoms with Gasteiger partial charge in [-0.05, 0) is 35.0 Å². The summed E-state index contributed by atoms with van der Waals surface area (Å²) < 4.78 is 101. The van der Waals surface area contributed by atoms with Crippen LogP contribution in [0.3, 0.4) is 0 Å². The maximum atomic E-state index is 13.0. The van der Waals surface area contributed by atoms with Crippen LogP contribution in [0.15, 0.2) is 33.6 Å². The maximum Gasteiger partial charge on any atom is 0.265 e. The number of hydrogen-bond acceptors (Lipinski definition) is 9. The minimum Gasteiger partial charge on any atom is -0.249 e. The van der Waals surface area contributed by atoms with E-state index in [1.54, 1.807) is 0 Å². The van der Waals surface area contributed by atoms with Crippen molar-refractivity contribution in [2.75, 3.05) is 18.8 Å². The summed E-state index contributed by atoms with van der Waals surface area (Å²) in [6, 6.07) is 4.78. The molecule has 0 aliphatic heterocycles. The third-order valence-corrected chi connectivity index (χ3v) is 9.01. The molecule has 0 bridgehead atoms. The molecule has 1 rings (SSSR count). The molecule has 0 N–H and O–H groups in total. The van der Waals surface area contributed by atoms with Crippen molar-refractivity contribution < 1.29 is 37.9 Å². The van der Waals surface area contributed by atoms with Crippen LogP contribution in [0.4, 0.5) is 0 Å². The maximum absolute atomic E-state index is 13.0. The van der Waals surface area contributed by atoms with Gasteiger partial charge in [0.25, 0.3) is 20.1 Å². The van der Waals surface area contributed by atoms with Gasteiger partial charge < -0.3 is 0 Å². The van der Waals surface area contributed by atoms with Crippen molar-refractivity contribution in [2.45, 2.75) is 18.0 Å². The van der Waals surface area contributed by atoms with Gasteiger partial charge >= 0.3 is 0 Å². The molecule has 156 valence electrons. The standard InChI is InChI=1S/C11H17BrN2O9S4/c1-9(23-26(4,19)20)13(14(24(2,15)16)25(3,17)18)27(21,22)11-7-5-10(12)6-8-11/h5-9H,1-4H3. The summed E-state index contributed by atoms with van der Waals surface area (Å²) in [6.45, 7) is 0.876. The molecule has 0 aliphatic carbocycles. The summed E-state index contributed by atoms with van der Waals surface area (Å²) in [5.74, 6) is 0. The minimum atomic E-state index is -4.86. The topological polar surface area (TPSA) is 152 Å².